The molecule has 0 heterocycles. The first-order chi connectivity index (χ1) is 8.16. The molecule has 0 aliphatic rings. The molecule has 0 saturated heterocycles. The number of hydrogen-bond donors (Lipinski definition) is 0. The van der Waals surface area contributed by atoms with Crippen molar-refractivity contribution in [3.63, 3.8) is 0 Å². The summed E-state index contributed by atoms with van der Waals surface area (Å²) in [5.41, 5.74) is 3.16. The molecule has 0 radical (unpaired) electrons. The molecule has 0 unspecified atom stereocenters. The van der Waals surface area contributed by atoms with Crippen LogP contribution in [0, 0.1) is 19.7 Å². The third kappa shape index (κ3) is 2.84. The van der Waals surface area contributed by atoms with Gasteiger partial charge in [0.15, 0.2) is 0 Å². The fourth-order valence-corrected chi connectivity index (χ4v) is 1.67. The molecule has 0 bridgehead atoms. The van der Waals surface area contributed by atoms with Crippen LogP contribution in [0.3, 0.4) is 0 Å². The Kier molecular flexibility index (Phi) is 3.43. The van der Waals surface area contributed by atoms with Gasteiger partial charge >= 0.3 is 0 Å². The zero-order valence-corrected chi connectivity index (χ0v) is 10.0. The number of aryl methyl sites for hydroxylation is 1. The molecule has 0 saturated carbocycles. The van der Waals surface area contributed by atoms with E-state index in [1.54, 1.807) is 6.07 Å². The molecule has 0 N–H and O–H groups in total. The van der Waals surface area contributed by atoms with Gasteiger partial charge in [-0.25, -0.2) is 4.39 Å². The number of ether oxygens (including phenoxy) is 1. The Labute approximate surface area is 101 Å². The minimum atomic E-state index is -0.230. The Morgan fingerprint density at radius 1 is 1.06 bits per heavy atom. The molecule has 2 heteroatoms. The van der Waals surface area contributed by atoms with Gasteiger partial charge in [0.25, 0.3) is 0 Å². The molecule has 2 aromatic rings. The van der Waals surface area contributed by atoms with E-state index in [2.05, 4.69) is 0 Å². The zero-order valence-electron chi connectivity index (χ0n) is 10.0. The Bertz CT molecular complexity index is 520. The SMILES string of the molecule is Cc1cccc(OCc2cccc(F)c2)c1C. The molecule has 2 aromatic carbocycles. The fraction of sp³-hybridized carbons (Fsp3) is 0.200. The summed E-state index contributed by atoms with van der Waals surface area (Å²) < 4.78 is 18.7. The number of benzene rings is 2. The molecule has 0 atom stereocenters. The van der Waals surface area contributed by atoms with Crippen molar-refractivity contribution in [2.24, 2.45) is 0 Å². The van der Waals surface area contributed by atoms with Crippen molar-refractivity contribution >= 4 is 0 Å². The van der Waals surface area contributed by atoms with Crippen molar-refractivity contribution < 1.29 is 9.13 Å². The summed E-state index contributed by atoms with van der Waals surface area (Å²) >= 11 is 0. The molecule has 2 rings (SSSR count). The summed E-state index contributed by atoms with van der Waals surface area (Å²) in [6.07, 6.45) is 0. The number of hydrogen-bond acceptors (Lipinski definition) is 1. The standard InChI is InChI=1S/C15H15FO/c1-11-5-3-8-15(12(11)2)17-10-13-6-4-7-14(16)9-13/h3-9H,10H2,1-2H3. The third-order valence-corrected chi connectivity index (χ3v) is 2.84. The topological polar surface area (TPSA) is 9.23 Å². The van der Waals surface area contributed by atoms with Crippen molar-refractivity contribution in [1.82, 2.24) is 0 Å². The maximum atomic E-state index is 13.0. The molecule has 0 aromatic heterocycles. The van der Waals surface area contributed by atoms with E-state index in [-0.39, 0.29) is 5.82 Å². The molecular weight excluding hydrogens is 215 g/mol. The molecule has 0 spiro atoms. The summed E-state index contributed by atoms with van der Waals surface area (Å²) in [7, 11) is 0. The van der Waals surface area contributed by atoms with Crippen LogP contribution >= 0.6 is 0 Å². The van der Waals surface area contributed by atoms with Crippen LogP contribution in [-0.2, 0) is 6.61 Å². The Balaban J connectivity index is 2.10. The lowest BCUT2D eigenvalue weighted by Gasteiger charge is -2.10. The first kappa shape index (κ1) is 11.6. The van der Waals surface area contributed by atoms with Crippen molar-refractivity contribution in [3.8, 4) is 5.75 Å². The maximum absolute atomic E-state index is 13.0. The average molecular weight is 230 g/mol. The molecule has 0 amide bonds. The van der Waals surface area contributed by atoms with Gasteiger partial charge in [0.2, 0.25) is 0 Å². The van der Waals surface area contributed by atoms with E-state index in [0.717, 1.165) is 16.9 Å². The van der Waals surface area contributed by atoms with Crippen LogP contribution in [0.1, 0.15) is 16.7 Å². The quantitative estimate of drug-likeness (QED) is 0.773. The molecule has 0 aliphatic heterocycles. The van der Waals surface area contributed by atoms with Crippen molar-refractivity contribution in [1.29, 1.82) is 0 Å². The van der Waals surface area contributed by atoms with E-state index in [1.165, 1.54) is 17.7 Å². The monoisotopic (exact) mass is 230 g/mol. The Morgan fingerprint density at radius 3 is 2.59 bits per heavy atom. The van der Waals surface area contributed by atoms with E-state index in [0.29, 0.717) is 6.61 Å². The Hall–Kier alpha value is -1.83. The predicted octanol–water partition coefficient (Wildman–Crippen LogP) is 4.02. The largest absolute Gasteiger partial charge is 0.489 e. The minimum Gasteiger partial charge on any atom is -0.489 e. The highest BCUT2D eigenvalue weighted by Crippen LogP contribution is 2.21. The fourth-order valence-electron chi connectivity index (χ4n) is 1.67. The van der Waals surface area contributed by atoms with Crippen LogP contribution in [0.5, 0.6) is 5.75 Å². The second-order valence-corrected chi connectivity index (χ2v) is 4.12. The van der Waals surface area contributed by atoms with E-state index in [9.17, 15) is 4.39 Å². The van der Waals surface area contributed by atoms with E-state index in [1.807, 2.05) is 38.1 Å². The second-order valence-electron chi connectivity index (χ2n) is 4.12. The lowest BCUT2D eigenvalue weighted by Crippen LogP contribution is -1.98. The van der Waals surface area contributed by atoms with Gasteiger partial charge in [-0.2, -0.15) is 0 Å². The molecule has 1 nitrogen and oxygen atoms in total. The summed E-state index contributed by atoms with van der Waals surface area (Å²) in [5.74, 6) is 0.626. The molecule has 0 aliphatic carbocycles. The highest BCUT2D eigenvalue weighted by molar-refractivity contribution is 5.38. The van der Waals surface area contributed by atoms with E-state index in [4.69, 9.17) is 4.74 Å². The van der Waals surface area contributed by atoms with E-state index < -0.39 is 0 Å². The summed E-state index contributed by atoms with van der Waals surface area (Å²) in [6, 6.07) is 12.4. The summed E-state index contributed by atoms with van der Waals surface area (Å²) in [6.45, 7) is 4.46. The normalized spacial score (nSPS) is 10.3. The second kappa shape index (κ2) is 5.00. The van der Waals surface area contributed by atoms with Gasteiger partial charge in [-0.15, -0.1) is 0 Å². The third-order valence-electron chi connectivity index (χ3n) is 2.84. The van der Waals surface area contributed by atoms with Gasteiger partial charge in [-0.1, -0.05) is 24.3 Å². The lowest BCUT2D eigenvalue weighted by molar-refractivity contribution is 0.303. The van der Waals surface area contributed by atoms with Crippen molar-refractivity contribution in [2.75, 3.05) is 0 Å². The van der Waals surface area contributed by atoms with Gasteiger partial charge in [-0.05, 0) is 48.7 Å². The van der Waals surface area contributed by atoms with Crippen LogP contribution in [0.2, 0.25) is 0 Å². The Morgan fingerprint density at radius 2 is 1.82 bits per heavy atom. The number of rotatable bonds is 3. The first-order valence-corrected chi connectivity index (χ1v) is 5.60. The summed E-state index contributed by atoms with van der Waals surface area (Å²) in [4.78, 5) is 0. The molecular formula is C15H15FO. The van der Waals surface area contributed by atoms with Crippen LogP contribution in [0.4, 0.5) is 4.39 Å². The van der Waals surface area contributed by atoms with Crippen LogP contribution in [0.15, 0.2) is 42.5 Å². The zero-order chi connectivity index (χ0) is 12.3. The molecule has 88 valence electrons. The van der Waals surface area contributed by atoms with Crippen molar-refractivity contribution in [2.45, 2.75) is 20.5 Å². The maximum Gasteiger partial charge on any atom is 0.123 e. The van der Waals surface area contributed by atoms with Crippen LogP contribution < -0.4 is 4.74 Å². The first-order valence-electron chi connectivity index (χ1n) is 5.60. The lowest BCUT2D eigenvalue weighted by atomic mass is 10.1. The predicted molar refractivity (Wildman–Crippen MR) is 66.6 cm³/mol. The summed E-state index contributed by atoms with van der Waals surface area (Å²) in [5, 5.41) is 0. The highest BCUT2D eigenvalue weighted by atomic mass is 19.1. The smallest absolute Gasteiger partial charge is 0.123 e. The minimum absolute atomic E-state index is 0.230. The van der Waals surface area contributed by atoms with Gasteiger partial charge in [0.05, 0.1) is 0 Å². The molecule has 17 heavy (non-hydrogen) atoms. The van der Waals surface area contributed by atoms with Crippen LogP contribution in [0.25, 0.3) is 0 Å². The highest BCUT2D eigenvalue weighted by Gasteiger charge is 2.02. The number of halogens is 1. The van der Waals surface area contributed by atoms with Gasteiger partial charge in [0, 0.05) is 0 Å². The molecule has 0 fully saturated rings. The average Bonchev–Trinajstić information content (AvgIpc) is 2.31. The van der Waals surface area contributed by atoms with Gasteiger partial charge in [0.1, 0.15) is 18.2 Å². The van der Waals surface area contributed by atoms with Crippen molar-refractivity contribution in [3.05, 3.63) is 65.0 Å². The van der Waals surface area contributed by atoms with Gasteiger partial charge < -0.3 is 4.74 Å². The van der Waals surface area contributed by atoms with E-state index >= 15 is 0 Å². The van der Waals surface area contributed by atoms with Crippen LogP contribution in [-0.4, -0.2) is 0 Å². The van der Waals surface area contributed by atoms with Gasteiger partial charge in [-0.3, -0.25) is 0 Å².